The van der Waals surface area contributed by atoms with Crippen LogP contribution in [0, 0.1) is 11.8 Å². The molecule has 0 saturated carbocycles. The Bertz CT molecular complexity index is 509. The van der Waals surface area contributed by atoms with Crippen molar-refractivity contribution in [3.63, 3.8) is 0 Å². The van der Waals surface area contributed by atoms with Crippen LogP contribution >= 0.6 is 24.8 Å². The number of hydrogen-bond donors (Lipinski definition) is 1. The molecule has 0 aliphatic carbocycles. The van der Waals surface area contributed by atoms with Gasteiger partial charge in [-0.05, 0) is 64.0 Å². The maximum Gasteiger partial charge on any atom is 0.236 e. The molecule has 3 aliphatic heterocycles. The third-order valence-electron chi connectivity index (χ3n) is 6.89. The average Bonchev–Trinajstić information content (AvgIpc) is 2.69. The Hall–Kier alpha value is -0.560. The Morgan fingerprint density at radius 3 is 2.21 bits per heavy atom. The normalized spacial score (nSPS) is 25.0. The zero-order valence-corrected chi connectivity index (χ0v) is 19.7. The second kappa shape index (κ2) is 13.0. The molecule has 170 valence electrons. The van der Waals surface area contributed by atoms with Gasteiger partial charge in [-0.25, -0.2) is 0 Å². The molecule has 6 nitrogen and oxygen atoms in total. The Morgan fingerprint density at radius 2 is 1.59 bits per heavy atom. The summed E-state index contributed by atoms with van der Waals surface area (Å²) in [6, 6.07) is 0.380. The highest BCUT2D eigenvalue weighted by molar-refractivity contribution is 5.85. The highest BCUT2D eigenvalue weighted by atomic mass is 35.5. The maximum atomic E-state index is 12.7. The number of carbonyl (C=O) groups excluding carboxylic acids is 2. The minimum absolute atomic E-state index is 0. The lowest BCUT2D eigenvalue weighted by atomic mass is 9.84. The molecular weight excluding hydrogens is 411 g/mol. The van der Waals surface area contributed by atoms with E-state index in [-0.39, 0.29) is 30.7 Å². The van der Waals surface area contributed by atoms with Gasteiger partial charge in [0, 0.05) is 45.2 Å². The number of halogens is 2. The molecule has 0 aromatic rings. The number of amides is 2. The van der Waals surface area contributed by atoms with Crippen molar-refractivity contribution in [3.05, 3.63) is 0 Å². The zero-order chi connectivity index (χ0) is 19.2. The van der Waals surface area contributed by atoms with E-state index in [0.717, 1.165) is 58.7 Å². The number of carbonyl (C=O) groups is 2. The number of likely N-dealkylation sites (tertiary alicyclic amines) is 1. The van der Waals surface area contributed by atoms with Crippen molar-refractivity contribution in [2.24, 2.45) is 11.8 Å². The third kappa shape index (κ3) is 7.57. The fourth-order valence-corrected chi connectivity index (χ4v) is 4.89. The van der Waals surface area contributed by atoms with E-state index < -0.39 is 0 Å². The topological polar surface area (TPSA) is 55.9 Å². The van der Waals surface area contributed by atoms with Crippen LogP contribution in [0.2, 0.25) is 0 Å². The number of nitrogens with one attached hydrogen (secondary N) is 1. The highest BCUT2D eigenvalue weighted by Gasteiger charge is 2.29. The van der Waals surface area contributed by atoms with Crippen LogP contribution in [0.1, 0.15) is 52.4 Å². The van der Waals surface area contributed by atoms with Gasteiger partial charge in [0.1, 0.15) is 0 Å². The van der Waals surface area contributed by atoms with E-state index in [1.54, 1.807) is 0 Å². The van der Waals surface area contributed by atoms with E-state index in [9.17, 15) is 9.59 Å². The van der Waals surface area contributed by atoms with E-state index >= 15 is 0 Å². The van der Waals surface area contributed by atoms with Crippen LogP contribution in [0.4, 0.5) is 0 Å². The van der Waals surface area contributed by atoms with Gasteiger partial charge in [0.05, 0.1) is 6.54 Å². The van der Waals surface area contributed by atoms with E-state index in [1.165, 1.54) is 19.3 Å². The standard InChI is InChI=1S/C21H38N4O2.2ClH/c1-17(19-6-8-22-9-7-19)15-20(26)24-13-11-23(12-14-24)16-21(27)25-10-4-3-5-18(25)2;;/h17-19,22H,3-16H2,1-2H3;2*1H. The predicted octanol–water partition coefficient (Wildman–Crippen LogP) is 2.40. The van der Waals surface area contributed by atoms with Gasteiger partial charge in [0.15, 0.2) is 0 Å². The van der Waals surface area contributed by atoms with Gasteiger partial charge in [-0.2, -0.15) is 0 Å². The quantitative estimate of drug-likeness (QED) is 0.698. The van der Waals surface area contributed by atoms with E-state index in [1.807, 2.05) is 4.90 Å². The predicted molar refractivity (Wildman–Crippen MR) is 122 cm³/mol. The van der Waals surface area contributed by atoms with Crippen LogP contribution in [0.15, 0.2) is 0 Å². The minimum atomic E-state index is 0. The summed E-state index contributed by atoms with van der Waals surface area (Å²) in [5.41, 5.74) is 0. The molecule has 0 bridgehead atoms. The van der Waals surface area contributed by atoms with Crippen molar-refractivity contribution in [1.82, 2.24) is 20.0 Å². The summed E-state index contributed by atoms with van der Waals surface area (Å²) in [7, 11) is 0. The van der Waals surface area contributed by atoms with Gasteiger partial charge in [-0.1, -0.05) is 6.92 Å². The first-order chi connectivity index (χ1) is 13.0. The van der Waals surface area contributed by atoms with Crippen LogP contribution in [0.5, 0.6) is 0 Å². The molecule has 29 heavy (non-hydrogen) atoms. The molecule has 8 heteroatoms. The minimum Gasteiger partial charge on any atom is -0.340 e. The van der Waals surface area contributed by atoms with Gasteiger partial charge in [0.25, 0.3) is 0 Å². The first kappa shape index (κ1) is 26.5. The van der Waals surface area contributed by atoms with Crippen molar-refractivity contribution in [2.75, 3.05) is 52.4 Å². The molecule has 3 rings (SSSR count). The fourth-order valence-electron chi connectivity index (χ4n) is 4.89. The van der Waals surface area contributed by atoms with Gasteiger partial charge < -0.3 is 15.1 Å². The number of nitrogens with zero attached hydrogens (tertiary/aromatic N) is 3. The summed E-state index contributed by atoms with van der Waals surface area (Å²) in [4.78, 5) is 31.6. The lowest BCUT2D eigenvalue weighted by molar-refractivity contribution is -0.137. The molecule has 0 radical (unpaired) electrons. The largest absolute Gasteiger partial charge is 0.340 e. The van der Waals surface area contributed by atoms with Crippen LogP contribution in [0.3, 0.4) is 0 Å². The Kier molecular flexibility index (Phi) is 11.9. The second-order valence-corrected chi connectivity index (χ2v) is 8.86. The first-order valence-corrected chi connectivity index (χ1v) is 11.0. The van der Waals surface area contributed by atoms with Gasteiger partial charge in [-0.15, -0.1) is 24.8 Å². The molecule has 3 fully saturated rings. The number of rotatable bonds is 5. The van der Waals surface area contributed by atoms with Gasteiger partial charge in [-0.3, -0.25) is 14.5 Å². The molecule has 2 atom stereocenters. The molecule has 0 aromatic heterocycles. The van der Waals surface area contributed by atoms with E-state index in [4.69, 9.17) is 0 Å². The molecule has 1 N–H and O–H groups in total. The maximum absolute atomic E-state index is 12.7. The third-order valence-corrected chi connectivity index (χ3v) is 6.89. The molecular formula is C21H40Cl2N4O2. The van der Waals surface area contributed by atoms with Crippen molar-refractivity contribution < 1.29 is 9.59 Å². The Labute approximate surface area is 188 Å². The monoisotopic (exact) mass is 450 g/mol. The van der Waals surface area contributed by atoms with Crippen molar-refractivity contribution in [1.29, 1.82) is 0 Å². The smallest absolute Gasteiger partial charge is 0.236 e. The van der Waals surface area contributed by atoms with Crippen LogP contribution in [0.25, 0.3) is 0 Å². The summed E-state index contributed by atoms with van der Waals surface area (Å²) in [6.45, 7) is 11.2. The summed E-state index contributed by atoms with van der Waals surface area (Å²) < 4.78 is 0. The molecule has 3 aliphatic rings. The zero-order valence-electron chi connectivity index (χ0n) is 18.1. The second-order valence-electron chi connectivity index (χ2n) is 8.86. The van der Waals surface area contributed by atoms with Crippen molar-refractivity contribution in [2.45, 2.75) is 58.4 Å². The molecule has 2 amide bonds. The van der Waals surface area contributed by atoms with Crippen LogP contribution in [-0.2, 0) is 9.59 Å². The lowest BCUT2D eigenvalue weighted by Crippen LogP contribution is -2.53. The summed E-state index contributed by atoms with van der Waals surface area (Å²) in [5.74, 6) is 1.72. The van der Waals surface area contributed by atoms with Crippen LogP contribution in [-0.4, -0.2) is 84.9 Å². The molecule has 0 spiro atoms. The van der Waals surface area contributed by atoms with E-state index in [2.05, 4.69) is 29.0 Å². The molecule has 3 saturated heterocycles. The van der Waals surface area contributed by atoms with Crippen molar-refractivity contribution in [3.8, 4) is 0 Å². The first-order valence-electron chi connectivity index (χ1n) is 11.0. The summed E-state index contributed by atoms with van der Waals surface area (Å²) in [5, 5.41) is 3.40. The fraction of sp³-hybridized carbons (Fsp3) is 0.905. The Morgan fingerprint density at radius 1 is 0.931 bits per heavy atom. The number of piperidine rings is 2. The van der Waals surface area contributed by atoms with Gasteiger partial charge >= 0.3 is 0 Å². The summed E-state index contributed by atoms with van der Waals surface area (Å²) in [6.07, 6.45) is 6.56. The SMILES string of the molecule is CC(CC(=O)N1CCN(CC(=O)N2CCCCC2C)CC1)C1CCNCC1.Cl.Cl. The molecule has 3 heterocycles. The van der Waals surface area contributed by atoms with Gasteiger partial charge in [0.2, 0.25) is 11.8 Å². The summed E-state index contributed by atoms with van der Waals surface area (Å²) >= 11 is 0. The van der Waals surface area contributed by atoms with Crippen molar-refractivity contribution >= 4 is 36.6 Å². The Balaban J connectivity index is 0.00000210. The average molecular weight is 451 g/mol. The number of piperazine rings is 1. The lowest BCUT2D eigenvalue weighted by Gasteiger charge is -2.38. The number of hydrogen-bond acceptors (Lipinski definition) is 4. The molecule has 0 aromatic carbocycles. The van der Waals surface area contributed by atoms with E-state index in [0.29, 0.717) is 36.8 Å². The highest BCUT2D eigenvalue weighted by Crippen LogP contribution is 2.25. The van der Waals surface area contributed by atoms with Crippen LogP contribution < -0.4 is 5.32 Å². The molecule has 2 unspecified atom stereocenters.